The van der Waals surface area contributed by atoms with Gasteiger partial charge in [0.1, 0.15) is 0 Å². The van der Waals surface area contributed by atoms with Gasteiger partial charge in [0.25, 0.3) is 0 Å². The van der Waals surface area contributed by atoms with Crippen LogP contribution in [0.4, 0.5) is 0 Å². The van der Waals surface area contributed by atoms with Gasteiger partial charge in [0, 0.05) is 11.3 Å². The Morgan fingerprint density at radius 3 is 2.33 bits per heavy atom. The Hall–Kier alpha value is -0.870. The highest BCUT2D eigenvalue weighted by Crippen LogP contribution is 2.23. The molecule has 1 atom stereocenters. The third-order valence-corrected chi connectivity index (χ3v) is 3.02. The van der Waals surface area contributed by atoms with E-state index in [0.29, 0.717) is 6.61 Å². The summed E-state index contributed by atoms with van der Waals surface area (Å²) in [4.78, 5) is 0. The fourth-order valence-corrected chi connectivity index (χ4v) is 2.24. The van der Waals surface area contributed by atoms with Gasteiger partial charge in [-0.1, -0.05) is 13.8 Å². The number of aryl methyl sites for hydroxylation is 1. The summed E-state index contributed by atoms with van der Waals surface area (Å²) in [6.07, 6.45) is 1.53. The fraction of sp³-hybridized carbons (Fsp3) is 0.786. The molecule has 1 rings (SSSR count). The first-order valence-corrected chi connectivity index (χ1v) is 6.89. The van der Waals surface area contributed by atoms with Crippen molar-refractivity contribution in [3.05, 3.63) is 17.0 Å². The van der Waals surface area contributed by atoms with E-state index >= 15 is 0 Å². The SMILES string of the molecule is CCc1nn(CCOC(C)C)c(CC)c1C(C)O. The van der Waals surface area contributed by atoms with E-state index in [4.69, 9.17) is 4.74 Å². The van der Waals surface area contributed by atoms with Crippen LogP contribution in [0.25, 0.3) is 0 Å². The highest BCUT2D eigenvalue weighted by atomic mass is 16.5. The van der Waals surface area contributed by atoms with Gasteiger partial charge in [-0.05, 0) is 33.6 Å². The van der Waals surface area contributed by atoms with Gasteiger partial charge in [-0.15, -0.1) is 0 Å². The Labute approximate surface area is 110 Å². The Morgan fingerprint density at radius 1 is 1.22 bits per heavy atom. The molecule has 0 aliphatic heterocycles. The predicted molar refractivity (Wildman–Crippen MR) is 72.7 cm³/mol. The van der Waals surface area contributed by atoms with E-state index < -0.39 is 6.10 Å². The van der Waals surface area contributed by atoms with Crippen molar-refractivity contribution in [2.75, 3.05) is 6.61 Å². The van der Waals surface area contributed by atoms with Gasteiger partial charge in [-0.2, -0.15) is 5.10 Å². The molecule has 1 unspecified atom stereocenters. The molecule has 1 aromatic rings. The van der Waals surface area contributed by atoms with Crippen LogP contribution in [-0.2, 0) is 24.1 Å². The van der Waals surface area contributed by atoms with E-state index in [9.17, 15) is 5.11 Å². The van der Waals surface area contributed by atoms with E-state index in [-0.39, 0.29) is 6.10 Å². The molecule has 0 radical (unpaired) electrons. The molecular formula is C14H26N2O2. The van der Waals surface area contributed by atoms with Crippen LogP contribution in [0.3, 0.4) is 0 Å². The number of nitrogens with zero attached hydrogens (tertiary/aromatic N) is 2. The monoisotopic (exact) mass is 254 g/mol. The predicted octanol–water partition coefficient (Wildman–Crippen LogP) is 2.49. The summed E-state index contributed by atoms with van der Waals surface area (Å²) in [7, 11) is 0. The molecule has 0 bridgehead atoms. The molecule has 0 saturated carbocycles. The molecule has 0 fully saturated rings. The van der Waals surface area contributed by atoms with Crippen molar-refractivity contribution < 1.29 is 9.84 Å². The zero-order valence-electron chi connectivity index (χ0n) is 12.2. The van der Waals surface area contributed by atoms with Crippen molar-refractivity contribution >= 4 is 0 Å². The van der Waals surface area contributed by atoms with Crippen molar-refractivity contribution in [2.45, 2.75) is 66.2 Å². The number of ether oxygens (including phenoxy) is 1. The molecule has 0 saturated heterocycles. The van der Waals surface area contributed by atoms with Crippen molar-refractivity contribution in [1.29, 1.82) is 0 Å². The Morgan fingerprint density at radius 2 is 1.89 bits per heavy atom. The number of hydrogen-bond donors (Lipinski definition) is 1. The normalized spacial score (nSPS) is 13.3. The molecule has 4 heteroatoms. The van der Waals surface area contributed by atoms with Crippen LogP contribution >= 0.6 is 0 Å². The first-order valence-electron chi connectivity index (χ1n) is 6.89. The number of aromatic nitrogens is 2. The molecule has 4 nitrogen and oxygen atoms in total. The van der Waals surface area contributed by atoms with Gasteiger partial charge in [0.15, 0.2) is 0 Å². The quantitative estimate of drug-likeness (QED) is 0.813. The summed E-state index contributed by atoms with van der Waals surface area (Å²) < 4.78 is 7.55. The summed E-state index contributed by atoms with van der Waals surface area (Å²) >= 11 is 0. The van der Waals surface area contributed by atoms with Crippen molar-refractivity contribution in [1.82, 2.24) is 9.78 Å². The summed E-state index contributed by atoms with van der Waals surface area (Å²) in [5.74, 6) is 0. The molecule has 0 aliphatic rings. The second-order valence-corrected chi connectivity index (χ2v) is 4.83. The number of aliphatic hydroxyl groups is 1. The minimum Gasteiger partial charge on any atom is -0.389 e. The molecule has 0 aromatic carbocycles. The first kappa shape index (κ1) is 15.2. The van der Waals surface area contributed by atoms with Crippen LogP contribution in [0, 0.1) is 0 Å². The highest BCUT2D eigenvalue weighted by Gasteiger charge is 2.18. The lowest BCUT2D eigenvalue weighted by atomic mass is 10.0. The maximum Gasteiger partial charge on any atom is 0.0798 e. The second-order valence-electron chi connectivity index (χ2n) is 4.83. The van der Waals surface area contributed by atoms with Gasteiger partial charge in [0.2, 0.25) is 0 Å². The van der Waals surface area contributed by atoms with Gasteiger partial charge < -0.3 is 9.84 Å². The first-order chi connectivity index (χ1) is 8.51. The molecule has 104 valence electrons. The summed E-state index contributed by atoms with van der Waals surface area (Å²) in [6, 6.07) is 0. The zero-order valence-corrected chi connectivity index (χ0v) is 12.2. The largest absolute Gasteiger partial charge is 0.389 e. The molecule has 0 aliphatic carbocycles. The lowest BCUT2D eigenvalue weighted by molar-refractivity contribution is 0.0704. The van der Waals surface area contributed by atoms with E-state index in [2.05, 4.69) is 18.9 Å². The number of hydrogen-bond acceptors (Lipinski definition) is 3. The zero-order chi connectivity index (χ0) is 13.7. The van der Waals surface area contributed by atoms with Gasteiger partial charge >= 0.3 is 0 Å². The summed E-state index contributed by atoms with van der Waals surface area (Å²) in [6.45, 7) is 11.5. The van der Waals surface area contributed by atoms with Crippen LogP contribution in [0.1, 0.15) is 57.7 Å². The minimum atomic E-state index is -0.449. The molecule has 0 spiro atoms. The Balaban J connectivity index is 2.90. The summed E-state index contributed by atoms with van der Waals surface area (Å²) in [5, 5.41) is 14.5. The van der Waals surface area contributed by atoms with E-state index in [0.717, 1.165) is 36.3 Å². The number of rotatable bonds is 7. The van der Waals surface area contributed by atoms with Gasteiger partial charge in [-0.25, -0.2) is 0 Å². The lowest BCUT2D eigenvalue weighted by Gasteiger charge is -2.11. The third kappa shape index (κ3) is 3.56. The molecule has 0 amide bonds. The third-order valence-electron chi connectivity index (χ3n) is 3.02. The standard InChI is InChI=1S/C14H26N2O2/c1-6-12-14(11(5)17)13(7-2)16(15-12)8-9-18-10(3)4/h10-11,17H,6-9H2,1-5H3. The second kappa shape index (κ2) is 6.90. The molecule has 18 heavy (non-hydrogen) atoms. The van der Waals surface area contributed by atoms with Gasteiger partial charge in [-0.3, -0.25) is 4.68 Å². The molecular weight excluding hydrogens is 228 g/mol. The molecule has 1 aromatic heterocycles. The van der Waals surface area contributed by atoms with Crippen LogP contribution in [-0.4, -0.2) is 27.6 Å². The van der Waals surface area contributed by atoms with Gasteiger partial charge in [0.05, 0.1) is 31.1 Å². The van der Waals surface area contributed by atoms with Crippen LogP contribution < -0.4 is 0 Å². The van der Waals surface area contributed by atoms with E-state index in [1.807, 2.05) is 25.5 Å². The average molecular weight is 254 g/mol. The Bertz CT molecular complexity index is 370. The summed E-state index contributed by atoms with van der Waals surface area (Å²) in [5.41, 5.74) is 3.14. The van der Waals surface area contributed by atoms with Crippen molar-refractivity contribution in [3.8, 4) is 0 Å². The topological polar surface area (TPSA) is 47.3 Å². The van der Waals surface area contributed by atoms with Crippen LogP contribution in [0.5, 0.6) is 0 Å². The van der Waals surface area contributed by atoms with E-state index in [1.165, 1.54) is 0 Å². The average Bonchev–Trinajstić information content (AvgIpc) is 2.66. The smallest absolute Gasteiger partial charge is 0.0798 e. The maximum absolute atomic E-state index is 9.89. The molecule has 1 heterocycles. The van der Waals surface area contributed by atoms with Crippen LogP contribution in [0.15, 0.2) is 0 Å². The minimum absolute atomic E-state index is 0.243. The van der Waals surface area contributed by atoms with Crippen molar-refractivity contribution in [3.63, 3.8) is 0 Å². The molecule has 1 N–H and O–H groups in total. The number of aliphatic hydroxyl groups excluding tert-OH is 1. The Kier molecular flexibility index (Phi) is 5.82. The fourth-order valence-electron chi connectivity index (χ4n) is 2.24. The van der Waals surface area contributed by atoms with E-state index in [1.54, 1.807) is 0 Å². The van der Waals surface area contributed by atoms with Crippen molar-refractivity contribution in [2.24, 2.45) is 0 Å². The highest BCUT2D eigenvalue weighted by molar-refractivity contribution is 5.28. The van der Waals surface area contributed by atoms with Crippen LogP contribution in [0.2, 0.25) is 0 Å². The maximum atomic E-state index is 9.89. The lowest BCUT2D eigenvalue weighted by Crippen LogP contribution is -2.14.